The van der Waals surface area contributed by atoms with Gasteiger partial charge in [0.05, 0.1) is 15.5 Å². The molecular weight excluding hydrogens is 356 g/mol. The standard InChI is InChI=1S/C15H21ClN2O3S2/c1-3-11(2)17-15(19)13-10-12(4-5-14(13)16)23(20,21)18-6-8-22-9-7-18/h4-5,10-11H,3,6-9H2,1-2H3,(H,17,19). The van der Waals surface area contributed by atoms with Crippen LogP contribution in [0.25, 0.3) is 0 Å². The molecule has 1 amide bonds. The molecule has 128 valence electrons. The Morgan fingerprint density at radius 1 is 1.39 bits per heavy atom. The van der Waals surface area contributed by atoms with Crippen molar-refractivity contribution in [2.45, 2.75) is 31.2 Å². The maximum atomic E-state index is 12.7. The van der Waals surface area contributed by atoms with Gasteiger partial charge in [-0.15, -0.1) is 0 Å². The van der Waals surface area contributed by atoms with Crippen molar-refractivity contribution >= 4 is 39.3 Å². The van der Waals surface area contributed by atoms with Gasteiger partial charge in [-0.25, -0.2) is 8.42 Å². The fourth-order valence-corrected chi connectivity index (χ4v) is 4.98. The van der Waals surface area contributed by atoms with E-state index in [1.54, 1.807) is 11.8 Å². The zero-order chi connectivity index (χ0) is 17.0. The summed E-state index contributed by atoms with van der Waals surface area (Å²) in [6.07, 6.45) is 0.785. The second kappa shape index (κ2) is 7.88. The first kappa shape index (κ1) is 18.6. The third-order valence-electron chi connectivity index (χ3n) is 3.78. The third kappa shape index (κ3) is 4.41. The summed E-state index contributed by atoms with van der Waals surface area (Å²) in [5.74, 6) is 1.22. The molecule has 8 heteroatoms. The number of thioether (sulfide) groups is 1. The van der Waals surface area contributed by atoms with Gasteiger partial charge in [0.1, 0.15) is 0 Å². The van der Waals surface area contributed by atoms with Gasteiger partial charge < -0.3 is 5.32 Å². The quantitative estimate of drug-likeness (QED) is 0.857. The molecule has 2 rings (SSSR count). The maximum Gasteiger partial charge on any atom is 0.253 e. The highest BCUT2D eigenvalue weighted by Gasteiger charge is 2.27. The number of hydrogen-bond acceptors (Lipinski definition) is 4. The molecule has 1 atom stereocenters. The van der Waals surface area contributed by atoms with Crippen molar-refractivity contribution < 1.29 is 13.2 Å². The molecule has 0 spiro atoms. The SMILES string of the molecule is CCC(C)NC(=O)c1cc(S(=O)(=O)N2CCSCC2)ccc1Cl. The molecule has 1 fully saturated rings. The Labute approximate surface area is 146 Å². The number of rotatable bonds is 5. The van der Waals surface area contributed by atoms with Gasteiger partial charge in [-0.1, -0.05) is 18.5 Å². The Morgan fingerprint density at radius 2 is 2.04 bits per heavy atom. The number of carbonyl (C=O) groups is 1. The van der Waals surface area contributed by atoms with Crippen LogP contribution in [0.4, 0.5) is 0 Å². The average Bonchev–Trinajstić information content (AvgIpc) is 2.55. The van der Waals surface area contributed by atoms with Gasteiger partial charge >= 0.3 is 0 Å². The zero-order valence-corrected chi connectivity index (χ0v) is 15.6. The number of amides is 1. The van der Waals surface area contributed by atoms with Crippen molar-refractivity contribution in [3.8, 4) is 0 Å². The lowest BCUT2D eigenvalue weighted by atomic mass is 10.2. The highest BCUT2D eigenvalue weighted by Crippen LogP contribution is 2.25. The molecule has 1 unspecified atom stereocenters. The van der Waals surface area contributed by atoms with E-state index in [1.165, 1.54) is 22.5 Å². The van der Waals surface area contributed by atoms with Crippen molar-refractivity contribution in [1.29, 1.82) is 0 Å². The first-order chi connectivity index (χ1) is 10.9. The molecule has 5 nitrogen and oxygen atoms in total. The molecule has 0 aromatic heterocycles. The molecule has 23 heavy (non-hydrogen) atoms. The second-order valence-electron chi connectivity index (χ2n) is 5.44. The summed E-state index contributed by atoms with van der Waals surface area (Å²) < 4.78 is 26.8. The van der Waals surface area contributed by atoms with E-state index in [4.69, 9.17) is 11.6 Å². The largest absolute Gasteiger partial charge is 0.350 e. The fourth-order valence-electron chi connectivity index (χ4n) is 2.18. The number of benzene rings is 1. The molecule has 1 heterocycles. The average molecular weight is 377 g/mol. The number of carbonyl (C=O) groups excluding carboxylic acids is 1. The highest BCUT2D eigenvalue weighted by atomic mass is 35.5. The summed E-state index contributed by atoms with van der Waals surface area (Å²) >= 11 is 7.82. The lowest BCUT2D eigenvalue weighted by molar-refractivity contribution is 0.0939. The predicted octanol–water partition coefficient (Wildman–Crippen LogP) is 2.61. The van der Waals surface area contributed by atoms with E-state index in [-0.39, 0.29) is 27.4 Å². The van der Waals surface area contributed by atoms with Crippen molar-refractivity contribution in [3.05, 3.63) is 28.8 Å². The predicted molar refractivity (Wildman–Crippen MR) is 94.8 cm³/mol. The van der Waals surface area contributed by atoms with Gasteiger partial charge in [-0.2, -0.15) is 16.1 Å². The molecule has 0 aliphatic carbocycles. The molecular formula is C15H21ClN2O3S2. The lowest BCUT2D eigenvalue weighted by Crippen LogP contribution is -2.38. The van der Waals surface area contributed by atoms with E-state index in [1.807, 2.05) is 13.8 Å². The van der Waals surface area contributed by atoms with Gasteiger partial charge in [0.15, 0.2) is 0 Å². The zero-order valence-electron chi connectivity index (χ0n) is 13.2. The number of halogens is 1. The van der Waals surface area contributed by atoms with Crippen molar-refractivity contribution in [2.75, 3.05) is 24.6 Å². The topological polar surface area (TPSA) is 66.5 Å². The summed E-state index contributed by atoms with van der Waals surface area (Å²) in [7, 11) is -3.59. The van der Waals surface area contributed by atoms with Crippen LogP contribution in [0.3, 0.4) is 0 Å². The highest BCUT2D eigenvalue weighted by molar-refractivity contribution is 7.99. The Balaban J connectivity index is 2.30. The fraction of sp³-hybridized carbons (Fsp3) is 0.533. The summed E-state index contributed by atoms with van der Waals surface area (Å²) in [6.45, 7) is 4.83. The number of nitrogens with zero attached hydrogens (tertiary/aromatic N) is 1. The molecule has 1 N–H and O–H groups in total. The Hall–Kier alpha value is -0.760. The first-order valence-corrected chi connectivity index (χ1v) is 10.5. The Morgan fingerprint density at radius 3 is 2.65 bits per heavy atom. The molecule has 1 aromatic carbocycles. The van der Waals surface area contributed by atoms with E-state index < -0.39 is 10.0 Å². The summed E-state index contributed by atoms with van der Waals surface area (Å²) in [5, 5.41) is 3.06. The summed E-state index contributed by atoms with van der Waals surface area (Å²) in [4.78, 5) is 12.4. The smallest absolute Gasteiger partial charge is 0.253 e. The van der Waals surface area contributed by atoms with Gasteiger partial charge in [0.2, 0.25) is 10.0 Å². The minimum absolute atomic E-state index is 0.00190. The van der Waals surface area contributed by atoms with Gasteiger partial charge in [0, 0.05) is 30.6 Å². The van der Waals surface area contributed by atoms with Crippen molar-refractivity contribution in [1.82, 2.24) is 9.62 Å². The monoisotopic (exact) mass is 376 g/mol. The normalized spacial score (nSPS) is 17.7. The van der Waals surface area contributed by atoms with Crippen LogP contribution >= 0.6 is 23.4 Å². The van der Waals surface area contributed by atoms with Crippen LogP contribution in [0.15, 0.2) is 23.1 Å². The number of nitrogens with one attached hydrogen (secondary N) is 1. The van der Waals surface area contributed by atoms with Crippen LogP contribution in [0.2, 0.25) is 5.02 Å². The van der Waals surface area contributed by atoms with E-state index >= 15 is 0 Å². The van der Waals surface area contributed by atoms with Gasteiger partial charge in [-0.05, 0) is 31.5 Å². The molecule has 1 saturated heterocycles. The van der Waals surface area contributed by atoms with Gasteiger partial charge in [-0.3, -0.25) is 4.79 Å². The number of hydrogen-bond donors (Lipinski definition) is 1. The summed E-state index contributed by atoms with van der Waals surface area (Å²) in [6, 6.07) is 4.30. The second-order valence-corrected chi connectivity index (χ2v) is 9.01. The Bertz CT molecular complexity index is 673. The lowest BCUT2D eigenvalue weighted by Gasteiger charge is -2.25. The molecule has 1 aromatic rings. The maximum absolute atomic E-state index is 12.7. The van der Waals surface area contributed by atoms with Crippen LogP contribution in [-0.4, -0.2) is 49.3 Å². The van der Waals surface area contributed by atoms with Gasteiger partial charge in [0.25, 0.3) is 5.91 Å². The van der Waals surface area contributed by atoms with Crippen LogP contribution in [0.1, 0.15) is 30.6 Å². The Kier molecular flexibility index (Phi) is 6.36. The van der Waals surface area contributed by atoms with Crippen LogP contribution in [0, 0.1) is 0 Å². The molecule has 0 saturated carbocycles. The third-order valence-corrected chi connectivity index (χ3v) is 6.95. The van der Waals surface area contributed by atoms with E-state index in [2.05, 4.69) is 5.32 Å². The minimum atomic E-state index is -3.59. The van der Waals surface area contributed by atoms with Crippen LogP contribution in [0.5, 0.6) is 0 Å². The van der Waals surface area contributed by atoms with E-state index in [0.717, 1.165) is 17.9 Å². The van der Waals surface area contributed by atoms with Crippen LogP contribution < -0.4 is 5.32 Å². The first-order valence-electron chi connectivity index (χ1n) is 7.54. The van der Waals surface area contributed by atoms with E-state index in [0.29, 0.717) is 13.1 Å². The molecule has 0 bridgehead atoms. The molecule has 0 radical (unpaired) electrons. The number of sulfonamides is 1. The van der Waals surface area contributed by atoms with E-state index in [9.17, 15) is 13.2 Å². The minimum Gasteiger partial charge on any atom is -0.350 e. The summed E-state index contributed by atoms with van der Waals surface area (Å²) in [5.41, 5.74) is 0.194. The van der Waals surface area contributed by atoms with Crippen molar-refractivity contribution in [3.63, 3.8) is 0 Å². The molecule has 1 aliphatic heterocycles. The van der Waals surface area contributed by atoms with Crippen LogP contribution in [-0.2, 0) is 10.0 Å². The molecule has 1 aliphatic rings. The van der Waals surface area contributed by atoms with Crippen molar-refractivity contribution in [2.24, 2.45) is 0 Å².